The maximum Gasteiger partial charge on any atom is 0.0682 e. The van der Waals surface area contributed by atoms with Gasteiger partial charge >= 0.3 is 0 Å². The Labute approximate surface area is 88.1 Å². The standard InChI is InChI=1S/C11H11ClN2/c1-8-3-4-9(12)7-10(8)11-5-6-13-14(11)2/h3-7H,1-2H3. The van der Waals surface area contributed by atoms with Gasteiger partial charge in [-0.25, -0.2) is 0 Å². The summed E-state index contributed by atoms with van der Waals surface area (Å²) < 4.78 is 1.85. The lowest BCUT2D eigenvalue weighted by atomic mass is 10.1. The van der Waals surface area contributed by atoms with E-state index in [1.807, 2.05) is 36.0 Å². The van der Waals surface area contributed by atoms with Gasteiger partial charge in [0.05, 0.1) is 5.69 Å². The maximum atomic E-state index is 5.96. The molecule has 0 N–H and O–H groups in total. The summed E-state index contributed by atoms with van der Waals surface area (Å²) in [7, 11) is 1.93. The van der Waals surface area contributed by atoms with Crippen molar-refractivity contribution in [3.05, 3.63) is 41.0 Å². The Morgan fingerprint density at radius 2 is 2.07 bits per heavy atom. The van der Waals surface area contributed by atoms with Crippen LogP contribution >= 0.6 is 11.6 Å². The summed E-state index contributed by atoms with van der Waals surface area (Å²) in [6.07, 6.45) is 1.79. The van der Waals surface area contributed by atoms with Gasteiger partial charge in [-0.05, 0) is 30.7 Å². The third-order valence-corrected chi connectivity index (χ3v) is 2.53. The predicted octanol–water partition coefficient (Wildman–Crippen LogP) is 3.05. The molecule has 2 rings (SSSR count). The first-order valence-corrected chi connectivity index (χ1v) is 4.81. The molecule has 0 saturated carbocycles. The van der Waals surface area contributed by atoms with Gasteiger partial charge in [-0.2, -0.15) is 5.10 Å². The molecular formula is C11H11ClN2. The van der Waals surface area contributed by atoms with Crippen molar-refractivity contribution >= 4 is 11.6 Å². The molecule has 0 aliphatic rings. The van der Waals surface area contributed by atoms with Gasteiger partial charge in [0.25, 0.3) is 0 Å². The van der Waals surface area contributed by atoms with E-state index in [1.165, 1.54) is 5.56 Å². The highest BCUT2D eigenvalue weighted by molar-refractivity contribution is 6.30. The number of nitrogens with zero attached hydrogens (tertiary/aromatic N) is 2. The van der Waals surface area contributed by atoms with Crippen LogP contribution < -0.4 is 0 Å². The highest BCUT2D eigenvalue weighted by Gasteiger charge is 2.05. The highest BCUT2D eigenvalue weighted by atomic mass is 35.5. The van der Waals surface area contributed by atoms with Crippen molar-refractivity contribution in [1.29, 1.82) is 0 Å². The van der Waals surface area contributed by atoms with Crippen LogP contribution in [0.15, 0.2) is 30.5 Å². The smallest absolute Gasteiger partial charge is 0.0682 e. The molecule has 0 bridgehead atoms. The number of benzene rings is 1. The van der Waals surface area contributed by atoms with Gasteiger partial charge in [0, 0.05) is 23.8 Å². The summed E-state index contributed by atoms with van der Waals surface area (Å²) in [6, 6.07) is 7.87. The van der Waals surface area contributed by atoms with Crippen LogP contribution in [0.5, 0.6) is 0 Å². The Kier molecular flexibility index (Phi) is 2.30. The van der Waals surface area contributed by atoms with E-state index in [0.29, 0.717) is 0 Å². The number of aromatic nitrogens is 2. The van der Waals surface area contributed by atoms with E-state index >= 15 is 0 Å². The van der Waals surface area contributed by atoms with Gasteiger partial charge < -0.3 is 0 Å². The van der Waals surface area contributed by atoms with E-state index in [-0.39, 0.29) is 0 Å². The van der Waals surface area contributed by atoms with Crippen molar-refractivity contribution in [1.82, 2.24) is 9.78 Å². The monoisotopic (exact) mass is 206 g/mol. The third kappa shape index (κ3) is 1.53. The molecule has 1 aromatic carbocycles. The Hall–Kier alpha value is -1.28. The number of rotatable bonds is 1. The molecule has 0 spiro atoms. The van der Waals surface area contributed by atoms with Gasteiger partial charge in [-0.1, -0.05) is 17.7 Å². The zero-order chi connectivity index (χ0) is 10.1. The molecule has 14 heavy (non-hydrogen) atoms. The van der Waals surface area contributed by atoms with E-state index in [0.717, 1.165) is 16.3 Å². The number of aryl methyl sites for hydroxylation is 2. The summed E-state index contributed by atoms with van der Waals surface area (Å²) >= 11 is 5.96. The lowest BCUT2D eigenvalue weighted by molar-refractivity contribution is 0.775. The van der Waals surface area contributed by atoms with E-state index in [1.54, 1.807) is 6.20 Å². The van der Waals surface area contributed by atoms with Crippen LogP contribution in [0, 0.1) is 6.92 Å². The second-order valence-electron chi connectivity index (χ2n) is 3.30. The first kappa shape index (κ1) is 9.28. The van der Waals surface area contributed by atoms with Gasteiger partial charge in [0.1, 0.15) is 0 Å². The van der Waals surface area contributed by atoms with E-state index < -0.39 is 0 Å². The van der Waals surface area contributed by atoms with Crippen molar-refractivity contribution in [3.8, 4) is 11.3 Å². The predicted molar refractivity (Wildman–Crippen MR) is 58.4 cm³/mol. The number of halogens is 1. The first-order valence-electron chi connectivity index (χ1n) is 4.43. The zero-order valence-corrected chi connectivity index (χ0v) is 8.92. The summed E-state index contributed by atoms with van der Waals surface area (Å²) in [5.74, 6) is 0. The molecule has 0 radical (unpaired) electrons. The minimum atomic E-state index is 0.756. The molecule has 0 atom stereocenters. The Balaban J connectivity index is 2.62. The minimum Gasteiger partial charge on any atom is -0.268 e. The summed E-state index contributed by atoms with van der Waals surface area (Å²) in [5, 5.41) is 4.89. The van der Waals surface area contributed by atoms with Crippen LogP contribution in [-0.4, -0.2) is 9.78 Å². The minimum absolute atomic E-state index is 0.756. The van der Waals surface area contributed by atoms with E-state index in [9.17, 15) is 0 Å². The quantitative estimate of drug-likeness (QED) is 0.701. The summed E-state index contributed by atoms with van der Waals surface area (Å²) in [4.78, 5) is 0. The molecule has 0 fully saturated rings. The second kappa shape index (κ2) is 3.46. The van der Waals surface area contributed by atoms with E-state index in [2.05, 4.69) is 12.0 Å². The summed E-state index contributed by atoms with van der Waals surface area (Å²) in [5.41, 5.74) is 3.43. The van der Waals surface area contributed by atoms with Crippen molar-refractivity contribution in [2.24, 2.45) is 7.05 Å². The van der Waals surface area contributed by atoms with Gasteiger partial charge in [0.15, 0.2) is 0 Å². The molecule has 72 valence electrons. The molecule has 0 aliphatic carbocycles. The van der Waals surface area contributed by atoms with Crippen LogP contribution in [-0.2, 0) is 7.05 Å². The van der Waals surface area contributed by atoms with Crippen LogP contribution in [0.4, 0.5) is 0 Å². The van der Waals surface area contributed by atoms with Crippen LogP contribution in [0.2, 0.25) is 5.02 Å². The lowest BCUT2D eigenvalue weighted by Gasteiger charge is -2.06. The largest absolute Gasteiger partial charge is 0.268 e. The topological polar surface area (TPSA) is 17.8 Å². The lowest BCUT2D eigenvalue weighted by Crippen LogP contribution is -1.94. The van der Waals surface area contributed by atoms with Crippen LogP contribution in [0.3, 0.4) is 0 Å². The van der Waals surface area contributed by atoms with Gasteiger partial charge in [-0.15, -0.1) is 0 Å². The van der Waals surface area contributed by atoms with Crippen molar-refractivity contribution in [2.75, 3.05) is 0 Å². The van der Waals surface area contributed by atoms with Crippen molar-refractivity contribution in [3.63, 3.8) is 0 Å². The molecule has 3 heteroatoms. The molecule has 0 saturated heterocycles. The fraction of sp³-hybridized carbons (Fsp3) is 0.182. The van der Waals surface area contributed by atoms with E-state index in [4.69, 9.17) is 11.6 Å². The fourth-order valence-corrected chi connectivity index (χ4v) is 1.68. The van der Waals surface area contributed by atoms with Gasteiger partial charge in [-0.3, -0.25) is 4.68 Å². The SMILES string of the molecule is Cc1ccc(Cl)cc1-c1ccnn1C. The van der Waals surface area contributed by atoms with Crippen LogP contribution in [0.25, 0.3) is 11.3 Å². The second-order valence-corrected chi connectivity index (χ2v) is 3.74. The normalized spacial score (nSPS) is 10.5. The molecule has 2 nitrogen and oxygen atoms in total. The number of hydrogen-bond acceptors (Lipinski definition) is 1. The first-order chi connectivity index (χ1) is 6.68. The Bertz CT molecular complexity index is 460. The Morgan fingerprint density at radius 3 is 2.71 bits per heavy atom. The molecule has 1 heterocycles. The third-order valence-electron chi connectivity index (χ3n) is 2.30. The van der Waals surface area contributed by atoms with Crippen LogP contribution in [0.1, 0.15) is 5.56 Å². The molecule has 0 unspecified atom stereocenters. The molecule has 2 aromatic rings. The highest BCUT2D eigenvalue weighted by Crippen LogP contribution is 2.25. The fourth-order valence-electron chi connectivity index (χ4n) is 1.51. The average Bonchev–Trinajstić information content (AvgIpc) is 2.56. The Morgan fingerprint density at radius 1 is 1.29 bits per heavy atom. The average molecular weight is 207 g/mol. The van der Waals surface area contributed by atoms with Gasteiger partial charge in [0.2, 0.25) is 0 Å². The maximum absolute atomic E-state index is 5.96. The zero-order valence-electron chi connectivity index (χ0n) is 8.16. The number of hydrogen-bond donors (Lipinski definition) is 0. The van der Waals surface area contributed by atoms with Crippen molar-refractivity contribution in [2.45, 2.75) is 6.92 Å². The summed E-state index contributed by atoms with van der Waals surface area (Å²) in [6.45, 7) is 2.07. The van der Waals surface area contributed by atoms with Crippen molar-refractivity contribution < 1.29 is 0 Å². The molecular weight excluding hydrogens is 196 g/mol. The molecule has 1 aromatic heterocycles. The molecule has 0 amide bonds. The molecule has 0 aliphatic heterocycles.